The standard InChI is InChI=1S/C23H27Cl2N3O3/c24-15-11-12-19(25)20(13-15)26-14-18-21(29)27(16-7-3-1-4-8-16)23(31)28(22(18)30)17-9-5-2-6-10-17/h11-14,16-17,29H,1-10H2. The lowest BCUT2D eigenvalue weighted by molar-refractivity contribution is 0.271. The van der Waals surface area contributed by atoms with Crippen LogP contribution in [0.4, 0.5) is 5.69 Å². The van der Waals surface area contributed by atoms with E-state index in [1.807, 2.05) is 0 Å². The van der Waals surface area contributed by atoms with Gasteiger partial charge in [-0.15, -0.1) is 0 Å². The third-order valence-electron chi connectivity index (χ3n) is 6.45. The Morgan fingerprint density at radius 2 is 1.48 bits per heavy atom. The van der Waals surface area contributed by atoms with Gasteiger partial charge in [-0.05, 0) is 43.9 Å². The van der Waals surface area contributed by atoms with E-state index in [4.69, 9.17) is 23.2 Å². The maximum absolute atomic E-state index is 13.4. The van der Waals surface area contributed by atoms with E-state index in [-0.39, 0.29) is 23.5 Å². The quantitative estimate of drug-likeness (QED) is 0.583. The molecular weight excluding hydrogens is 437 g/mol. The number of aromatic nitrogens is 2. The van der Waals surface area contributed by atoms with E-state index in [2.05, 4.69) is 4.99 Å². The number of aliphatic imine (C=N–C) groups is 1. The second-order valence-corrected chi connectivity index (χ2v) is 9.35. The van der Waals surface area contributed by atoms with Crippen LogP contribution in [-0.4, -0.2) is 20.5 Å². The van der Waals surface area contributed by atoms with Crippen LogP contribution in [0.1, 0.15) is 81.9 Å². The summed E-state index contributed by atoms with van der Waals surface area (Å²) in [5, 5.41) is 11.9. The third kappa shape index (κ3) is 4.60. The Bertz CT molecular complexity index is 1090. The smallest absolute Gasteiger partial charge is 0.334 e. The van der Waals surface area contributed by atoms with Crippen LogP contribution in [0.15, 0.2) is 32.8 Å². The van der Waals surface area contributed by atoms with E-state index in [0.717, 1.165) is 64.2 Å². The molecule has 0 saturated heterocycles. The zero-order valence-corrected chi connectivity index (χ0v) is 18.9. The molecule has 1 N–H and O–H groups in total. The topological polar surface area (TPSA) is 76.6 Å². The molecule has 0 atom stereocenters. The number of hydrogen-bond donors (Lipinski definition) is 1. The van der Waals surface area contributed by atoms with Gasteiger partial charge in [-0.25, -0.2) is 4.79 Å². The van der Waals surface area contributed by atoms with Gasteiger partial charge in [0.05, 0.1) is 10.7 Å². The maximum Gasteiger partial charge on any atom is 0.334 e. The zero-order chi connectivity index (χ0) is 22.0. The minimum atomic E-state index is -0.497. The highest BCUT2D eigenvalue weighted by molar-refractivity contribution is 6.35. The summed E-state index contributed by atoms with van der Waals surface area (Å²) in [6, 6.07) is 4.61. The number of nitrogens with zero attached hydrogens (tertiary/aromatic N) is 3. The van der Waals surface area contributed by atoms with Crippen LogP contribution in [0.5, 0.6) is 5.88 Å². The van der Waals surface area contributed by atoms with Crippen LogP contribution in [0.25, 0.3) is 0 Å². The van der Waals surface area contributed by atoms with E-state index in [9.17, 15) is 14.7 Å². The van der Waals surface area contributed by atoms with E-state index in [0.29, 0.717) is 15.7 Å². The Morgan fingerprint density at radius 1 is 0.903 bits per heavy atom. The molecule has 0 aliphatic heterocycles. The first kappa shape index (κ1) is 22.2. The van der Waals surface area contributed by atoms with E-state index >= 15 is 0 Å². The molecule has 2 aliphatic rings. The second-order valence-electron chi connectivity index (χ2n) is 8.50. The van der Waals surface area contributed by atoms with Crippen LogP contribution in [0.2, 0.25) is 10.0 Å². The van der Waals surface area contributed by atoms with Crippen molar-refractivity contribution in [2.75, 3.05) is 0 Å². The highest BCUT2D eigenvalue weighted by atomic mass is 35.5. The van der Waals surface area contributed by atoms with Crippen molar-refractivity contribution in [2.24, 2.45) is 4.99 Å². The SMILES string of the molecule is O=c1c(C=Nc2cc(Cl)ccc2Cl)c(O)n(C2CCCCC2)c(=O)n1C1CCCCC1. The van der Waals surface area contributed by atoms with Gasteiger partial charge in [-0.1, -0.05) is 61.7 Å². The summed E-state index contributed by atoms with van der Waals surface area (Å²) < 4.78 is 2.78. The van der Waals surface area contributed by atoms with E-state index < -0.39 is 11.2 Å². The number of hydrogen-bond acceptors (Lipinski definition) is 4. The van der Waals surface area contributed by atoms with Crippen molar-refractivity contribution < 1.29 is 5.11 Å². The van der Waals surface area contributed by atoms with Gasteiger partial charge in [-0.2, -0.15) is 0 Å². The highest BCUT2D eigenvalue weighted by Crippen LogP contribution is 2.32. The minimum absolute atomic E-state index is 0.0202. The van der Waals surface area contributed by atoms with Gasteiger partial charge in [0.2, 0.25) is 5.88 Å². The predicted octanol–water partition coefficient (Wildman–Crippen LogP) is 5.78. The summed E-state index contributed by atoms with van der Waals surface area (Å²) in [4.78, 5) is 31.1. The Labute approximate surface area is 191 Å². The van der Waals surface area contributed by atoms with Gasteiger partial charge in [0.25, 0.3) is 5.56 Å². The molecule has 1 aromatic carbocycles. The largest absolute Gasteiger partial charge is 0.494 e. The number of rotatable bonds is 4. The Hall–Kier alpha value is -2.05. The van der Waals surface area contributed by atoms with Gasteiger partial charge < -0.3 is 5.11 Å². The molecule has 0 spiro atoms. The molecule has 4 rings (SSSR count). The first-order chi connectivity index (χ1) is 15.0. The first-order valence-corrected chi connectivity index (χ1v) is 11.8. The monoisotopic (exact) mass is 463 g/mol. The van der Waals surface area contributed by atoms with Gasteiger partial charge >= 0.3 is 5.69 Å². The lowest BCUT2D eigenvalue weighted by Crippen LogP contribution is -2.45. The summed E-state index contributed by atoms with van der Waals surface area (Å²) in [7, 11) is 0. The number of aromatic hydroxyl groups is 1. The van der Waals surface area contributed by atoms with Crippen molar-refractivity contribution in [1.29, 1.82) is 0 Å². The summed E-state index contributed by atoms with van der Waals surface area (Å²) >= 11 is 12.2. The molecule has 0 radical (unpaired) electrons. The summed E-state index contributed by atoms with van der Waals surface area (Å²) in [5.41, 5.74) is -0.484. The summed E-state index contributed by atoms with van der Waals surface area (Å²) in [6.07, 6.45) is 10.7. The van der Waals surface area contributed by atoms with Crippen LogP contribution >= 0.6 is 23.2 Å². The van der Waals surface area contributed by atoms with E-state index in [1.165, 1.54) is 15.3 Å². The second kappa shape index (κ2) is 9.61. The molecule has 0 amide bonds. The fraction of sp³-hybridized carbons (Fsp3) is 0.522. The molecule has 1 heterocycles. The Morgan fingerprint density at radius 3 is 2.10 bits per heavy atom. The molecule has 2 saturated carbocycles. The average molecular weight is 464 g/mol. The van der Waals surface area contributed by atoms with Crippen molar-refractivity contribution in [2.45, 2.75) is 76.3 Å². The molecule has 31 heavy (non-hydrogen) atoms. The predicted molar refractivity (Wildman–Crippen MR) is 125 cm³/mol. The molecule has 0 unspecified atom stereocenters. The summed E-state index contributed by atoms with van der Waals surface area (Å²) in [5.74, 6) is -0.309. The Kier molecular flexibility index (Phi) is 6.87. The molecule has 8 heteroatoms. The van der Waals surface area contributed by atoms with Crippen LogP contribution in [0.3, 0.4) is 0 Å². The third-order valence-corrected chi connectivity index (χ3v) is 7.01. The van der Waals surface area contributed by atoms with Gasteiger partial charge in [0.15, 0.2) is 0 Å². The molecule has 2 aliphatic carbocycles. The molecule has 166 valence electrons. The molecular formula is C23H27Cl2N3O3. The number of benzene rings is 1. The fourth-order valence-electron chi connectivity index (χ4n) is 4.81. The lowest BCUT2D eigenvalue weighted by Gasteiger charge is -2.29. The van der Waals surface area contributed by atoms with Crippen molar-refractivity contribution in [1.82, 2.24) is 9.13 Å². The van der Waals surface area contributed by atoms with Gasteiger partial charge in [0, 0.05) is 23.3 Å². The highest BCUT2D eigenvalue weighted by Gasteiger charge is 2.28. The van der Waals surface area contributed by atoms with Crippen molar-refractivity contribution in [3.8, 4) is 5.88 Å². The lowest BCUT2D eigenvalue weighted by atomic mass is 9.94. The van der Waals surface area contributed by atoms with E-state index in [1.54, 1.807) is 18.2 Å². The minimum Gasteiger partial charge on any atom is -0.494 e. The molecule has 1 aromatic heterocycles. The molecule has 2 aromatic rings. The molecule has 0 bridgehead atoms. The van der Waals surface area contributed by atoms with Crippen LogP contribution < -0.4 is 11.2 Å². The maximum atomic E-state index is 13.4. The Balaban J connectivity index is 1.86. The van der Waals surface area contributed by atoms with Gasteiger partial charge in [0.1, 0.15) is 5.56 Å². The molecule has 2 fully saturated rings. The van der Waals surface area contributed by atoms with Crippen LogP contribution in [-0.2, 0) is 0 Å². The first-order valence-electron chi connectivity index (χ1n) is 11.1. The van der Waals surface area contributed by atoms with Crippen molar-refractivity contribution >= 4 is 35.1 Å². The normalized spacial score (nSPS) is 18.6. The molecule has 6 nitrogen and oxygen atoms in total. The van der Waals surface area contributed by atoms with Crippen LogP contribution in [0, 0.1) is 0 Å². The van der Waals surface area contributed by atoms with Crippen molar-refractivity contribution in [3.05, 3.63) is 54.6 Å². The van der Waals surface area contributed by atoms with Crippen molar-refractivity contribution in [3.63, 3.8) is 0 Å². The summed E-state index contributed by atoms with van der Waals surface area (Å²) in [6.45, 7) is 0. The fourth-order valence-corrected chi connectivity index (χ4v) is 5.14. The zero-order valence-electron chi connectivity index (χ0n) is 17.4. The van der Waals surface area contributed by atoms with Gasteiger partial charge in [-0.3, -0.25) is 18.9 Å². The number of halogens is 2. The average Bonchev–Trinajstić information content (AvgIpc) is 2.77.